The lowest BCUT2D eigenvalue weighted by Gasteiger charge is -1.78. The first kappa shape index (κ1) is 8.30. The highest BCUT2D eigenvalue weighted by molar-refractivity contribution is 8.95. The van der Waals surface area contributed by atoms with Gasteiger partial charge in [0.2, 0.25) is 0 Å². The molecular formula is C3H9P2S2+. The summed E-state index contributed by atoms with van der Waals surface area (Å²) in [7, 11) is 0. The SMILES string of the molecule is C=[P+](CC)SPS. The van der Waals surface area contributed by atoms with Crippen LogP contribution in [-0.2, 0) is 0 Å². The average molecular weight is 171 g/mol. The molecular weight excluding hydrogens is 162 g/mol. The molecule has 0 aliphatic carbocycles. The Kier molecular flexibility index (Phi) is 6.45. The third-order valence-electron chi connectivity index (χ3n) is 0.523. The molecule has 0 spiro atoms. The highest BCUT2D eigenvalue weighted by atomic mass is 33.2. The van der Waals surface area contributed by atoms with Crippen LogP contribution in [0.5, 0.6) is 0 Å². The number of hydrogen-bond acceptors (Lipinski definition) is 2. The molecule has 0 aliphatic rings. The van der Waals surface area contributed by atoms with Crippen molar-refractivity contribution < 1.29 is 0 Å². The summed E-state index contributed by atoms with van der Waals surface area (Å²) in [5, 5.41) is 0. The summed E-state index contributed by atoms with van der Waals surface area (Å²) in [4.78, 5) is 0. The summed E-state index contributed by atoms with van der Waals surface area (Å²) in [6, 6.07) is 0. The van der Waals surface area contributed by atoms with E-state index in [1.165, 1.54) is 6.16 Å². The zero-order chi connectivity index (χ0) is 5.70. The van der Waals surface area contributed by atoms with Crippen LogP contribution in [0.1, 0.15) is 6.92 Å². The molecule has 0 bridgehead atoms. The van der Waals surface area contributed by atoms with Gasteiger partial charge in [-0.3, -0.25) is 0 Å². The fourth-order valence-electron chi connectivity index (χ4n) is 0.122. The molecule has 2 unspecified atom stereocenters. The summed E-state index contributed by atoms with van der Waals surface area (Å²) in [5.74, 6) is 0. The summed E-state index contributed by atoms with van der Waals surface area (Å²) in [6.45, 7) is 2.91. The fraction of sp³-hybridized carbons (Fsp3) is 0.667. The van der Waals surface area contributed by atoms with Gasteiger partial charge in [-0.05, 0) is 6.92 Å². The first-order valence-corrected chi connectivity index (χ1v) is 8.10. The highest BCUT2D eigenvalue weighted by Crippen LogP contribution is 2.51. The van der Waals surface area contributed by atoms with Gasteiger partial charge < -0.3 is 0 Å². The van der Waals surface area contributed by atoms with Crippen LogP contribution in [0.2, 0.25) is 0 Å². The first-order chi connectivity index (χ1) is 3.31. The van der Waals surface area contributed by atoms with Gasteiger partial charge in [-0.15, -0.1) is 12.2 Å². The van der Waals surface area contributed by atoms with E-state index in [0.717, 1.165) is 6.98 Å². The predicted molar refractivity (Wildman–Crippen MR) is 49.5 cm³/mol. The van der Waals surface area contributed by atoms with Crippen LogP contribution in [0.15, 0.2) is 0 Å². The summed E-state index contributed by atoms with van der Waals surface area (Å²) < 4.78 is 0. The molecule has 0 radical (unpaired) electrons. The van der Waals surface area contributed by atoms with E-state index in [1.807, 2.05) is 11.0 Å². The van der Waals surface area contributed by atoms with E-state index >= 15 is 0 Å². The molecule has 4 heteroatoms. The van der Waals surface area contributed by atoms with Crippen molar-refractivity contribution in [3.63, 3.8) is 0 Å². The smallest absolute Gasteiger partial charge is 0.139 e. The Morgan fingerprint density at radius 2 is 2.57 bits per heavy atom. The number of rotatable bonds is 3. The van der Waals surface area contributed by atoms with Gasteiger partial charge in [0.1, 0.15) is 17.2 Å². The molecule has 0 aliphatic heterocycles. The zero-order valence-electron chi connectivity index (χ0n) is 4.22. The van der Waals surface area contributed by atoms with Gasteiger partial charge in [-0.25, -0.2) is 0 Å². The molecule has 0 aromatic rings. The molecule has 0 rings (SSSR count). The molecule has 2 atom stereocenters. The maximum absolute atomic E-state index is 4.08. The van der Waals surface area contributed by atoms with Crippen molar-refractivity contribution in [1.82, 2.24) is 0 Å². The van der Waals surface area contributed by atoms with Crippen molar-refractivity contribution >= 4 is 43.3 Å². The normalized spacial score (nSPS) is 13.1. The summed E-state index contributed by atoms with van der Waals surface area (Å²) >= 11 is 5.96. The predicted octanol–water partition coefficient (Wildman–Crippen LogP) is 3.01. The molecule has 0 nitrogen and oxygen atoms in total. The van der Waals surface area contributed by atoms with E-state index in [2.05, 4.69) is 25.5 Å². The van der Waals surface area contributed by atoms with Crippen molar-refractivity contribution in [3.05, 3.63) is 0 Å². The van der Waals surface area contributed by atoms with Crippen LogP contribution in [0, 0.1) is 0 Å². The maximum atomic E-state index is 4.08. The van der Waals surface area contributed by atoms with E-state index in [9.17, 15) is 0 Å². The van der Waals surface area contributed by atoms with Gasteiger partial charge in [0.15, 0.2) is 6.75 Å². The molecule has 0 saturated heterocycles. The molecule has 0 aromatic carbocycles. The number of hydrogen-bond donors (Lipinski definition) is 1. The van der Waals surface area contributed by atoms with Crippen LogP contribution in [-0.4, -0.2) is 12.5 Å². The average Bonchev–Trinajstić information content (AvgIpc) is 1.68. The van der Waals surface area contributed by atoms with Crippen molar-refractivity contribution in [3.8, 4) is 0 Å². The second kappa shape index (κ2) is 5.44. The first-order valence-electron chi connectivity index (χ1n) is 1.95. The lowest BCUT2D eigenvalue weighted by atomic mass is 11.0. The summed E-state index contributed by atoms with van der Waals surface area (Å²) in [6.07, 6.45) is 5.15. The van der Waals surface area contributed by atoms with Gasteiger partial charge in [-0.2, -0.15) is 0 Å². The lowest BCUT2D eigenvalue weighted by molar-refractivity contribution is 1.53. The van der Waals surface area contributed by atoms with Crippen molar-refractivity contribution in [2.24, 2.45) is 0 Å². The summed E-state index contributed by atoms with van der Waals surface area (Å²) in [5.41, 5.74) is 0. The topological polar surface area (TPSA) is 0 Å². The second-order valence-electron chi connectivity index (χ2n) is 0.981. The monoisotopic (exact) mass is 171 g/mol. The molecule has 0 heterocycles. The van der Waals surface area contributed by atoms with E-state index in [0.29, 0.717) is 0 Å². The van der Waals surface area contributed by atoms with Crippen molar-refractivity contribution in [2.45, 2.75) is 6.92 Å². The minimum atomic E-state index is 0.0242. The molecule has 0 amide bonds. The van der Waals surface area contributed by atoms with Gasteiger partial charge in [0.05, 0.1) is 6.30 Å². The molecule has 7 heavy (non-hydrogen) atoms. The van der Waals surface area contributed by atoms with E-state index in [4.69, 9.17) is 0 Å². The van der Waals surface area contributed by atoms with Gasteiger partial charge in [0.25, 0.3) is 0 Å². The zero-order valence-corrected chi connectivity index (χ0v) is 7.82. The van der Waals surface area contributed by atoms with Crippen molar-refractivity contribution in [2.75, 3.05) is 6.16 Å². The second-order valence-corrected chi connectivity index (χ2v) is 8.87. The Labute approximate surface area is 56.7 Å². The van der Waals surface area contributed by atoms with Crippen molar-refractivity contribution in [1.29, 1.82) is 0 Å². The Bertz CT molecular complexity index is 64.0. The largest absolute Gasteiger partial charge is 0.161 e. The van der Waals surface area contributed by atoms with Crippen LogP contribution in [0.3, 0.4) is 0 Å². The third-order valence-corrected chi connectivity index (χ3v) is 8.63. The quantitative estimate of drug-likeness (QED) is 0.503. The van der Waals surface area contributed by atoms with E-state index < -0.39 is 0 Å². The Balaban J connectivity index is 3.00. The van der Waals surface area contributed by atoms with E-state index in [-0.39, 0.29) is 6.75 Å². The number of thiol groups is 1. The van der Waals surface area contributed by atoms with Crippen LogP contribution < -0.4 is 0 Å². The fourth-order valence-corrected chi connectivity index (χ4v) is 6.42. The van der Waals surface area contributed by atoms with E-state index in [1.54, 1.807) is 0 Å². The Hall–Kier alpha value is 1.30. The molecule has 42 valence electrons. The Morgan fingerprint density at radius 1 is 2.00 bits per heavy atom. The minimum Gasteiger partial charge on any atom is -0.139 e. The van der Waals surface area contributed by atoms with Crippen LogP contribution in [0.25, 0.3) is 0 Å². The molecule has 0 aromatic heterocycles. The Morgan fingerprint density at radius 3 is 2.71 bits per heavy atom. The van der Waals surface area contributed by atoms with Gasteiger partial charge in [0, 0.05) is 6.98 Å². The van der Waals surface area contributed by atoms with Gasteiger partial charge in [-0.1, -0.05) is 0 Å². The van der Waals surface area contributed by atoms with Crippen LogP contribution >= 0.6 is 37.0 Å². The maximum Gasteiger partial charge on any atom is 0.161 e. The highest BCUT2D eigenvalue weighted by Gasteiger charge is 1.99. The minimum absolute atomic E-state index is 0.0242. The van der Waals surface area contributed by atoms with Gasteiger partial charge >= 0.3 is 0 Å². The molecule has 0 fully saturated rings. The third kappa shape index (κ3) is 5.17. The standard InChI is InChI=1S/C3H9P2S2/c1-3-5(2)7-4-6/h4,6H,2-3H2,1H3/q+1. The lowest BCUT2D eigenvalue weighted by Crippen LogP contribution is -1.53. The molecule has 0 N–H and O–H groups in total. The van der Waals surface area contributed by atoms with Crippen LogP contribution in [0.4, 0.5) is 0 Å². The molecule has 0 saturated carbocycles.